The molecule has 84 valence electrons. The lowest BCUT2D eigenvalue weighted by molar-refractivity contribution is 0.112. The summed E-state index contributed by atoms with van der Waals surface area (Å²) < 4.78 is 0. The summed E-state index contributed by atoms with van der Waals surface area (Å²) in [7, 11) is 1.75. The number of aromatic nitrogens is 2. The molecular weight excluding hydrogens is 228 g/mol. The number of aryl methyl sites for hydroxylation is 1. The highest BCUT2D eigenvalue weighted by atomic mass is 35.5. The van der Waals surface area contributed by atoms with Gasteiger partial charge < -0.3 is 4.90 Å². The molecule has 6 heteroatoms. The highest BCUT2D eigenvalue weighted by molar-refractivity contribution is 6.32. The number of hydrogen-bond donors (Lipinski definition) is 0. The maximum atomic E-state index is 10.9. The lowest BCUT2D eigenvalue weighted by atomic mass is 10.3. The number of carbonyl (C=O) groups is 1. The van der Waals surface area contributed by atoms with E-state index in [1.54, 1.807) is 18.9 Å². The quantitative estimate of drug-likeness (QED) is 0.589. The van der Waals surface area contributed by atoms with Gasteiger partial charge in [-0.15, -0.1) is 0 Å². The van der Waals surface area contributed by atoms with Gasteiger partial charge in [-0.3, -0.25) is 4.79 Å². The van der Waals surface area contributed by atoms with Crippen molar-refractivity contribution in [3.05, 3.63) is 16.5 Å². The molecule has 5 nitrogen and oxygen atoms in total. The fourth-order valence-corrected chi connectivity index (χ4v) is 1.50. The number of carbonyl (C=O) groups excluding carboxylic acids is 1. The summed E-state index contributed by atoms with van der Waals surface area (Å²) >= 11 is 5.84. The van der Waals surface area contributed by atoms with E-state index in [0.717, 1.165) is 0 Å². The van der Waals surface area contributed by atoms with Crippen LogP contribution in [0.3, 0.4) is 0 Å². The van der Waals surface area contributed by atoms with Gasteiger partial charge in [0, 0.05) is 13.6 Å². The number of halogens is 1. The minimum absolute atomic E-state index is 0.140. The SMILES string of the molecule is Cc1nc(Cl)c(C=O)c(N(C)CCC#N)n1. The average Bonchev–Trinajstić information content (AvgIpc) is 2.24. The molecule has 1 rings (SSSR count). The smallest absolute Gasteiger partial charge is 0.156 e. The van der Waals surface area contributed by atoms with Gasteiger partial charge in [0.15, 0.2) is 6.29 Å². The molecule has 0 N–H and O–H groups in total. The van der Waals surface area contributed by atoms with E-state index < -0.39 is 0 Å². The van der Waals surface area contributed by atoms with Crippen LogP contribution in [0.4, 0.5) is 5.82 Å². The van der Waals surface area contributed by atoms with E-state index in [1.807, 2.05) is 6.07 Å². The van der Waals surface area contributed by atoms with Crippen molar-refractivity contribution < 1.29 is 4.79 Å². The Bertz CT molecular complexity index is 441. The minimum Gasteiger partial charge on any atom is -0.358 e. The van der Waals surface area contributed by atoms with Crippen LogP contribution in [-0.4, -0.2) is 29.8 Å². The molecule has 1 aromatic rings. The zero-order valence-electron chi connectivity index (χ0n) is 9.07. The normalized spacial score (nSPS) is 9.62. The van der Waals surface area contributed by atoms with Crippen LogP contribution in [0, 0.1) is 18.3 Å². The number of nitriles is 1. The molecule has 1 heterocycles. The number of anilines is 1. The summed E-state index contributed by atoms with van der Waals surface area (Å²) in [6.07, 6.45) is 0.982. The zero-order chi connectivity index (χ0) is 12.1. The third-order valence-electron chi connectivity index (χ3n) is 2.03. The first-order valence-electron chi connectivity index (χ1n) is 4.67. The summed E-state index contributed by atoms with van der Waals surface area (Å²) in [5.41, 5.74) is 0.257. The third kappa shape index (κ3) is 2.67. The molecule has 0 aliphatic carbocycles. The predicted molar refractivity (Wildman–Crippen MR) is 60.7 cm³/mol. The molecule has 0 aliphatic heterocycles. The van der Waals surface area contributed by atoms with Gasteiger partial charge in [0.05, 0.1) is 18.1 Å². The van der Waals surface area contributed by atoms with Gasteiger partial charge in [-0.1, -0.05) is 11.6 Å². The first kappa shape index (κ1) is 12.4. The molecule has 0 amide bonds. The predicted octanol–water partition coefficient (Wildman–Crippen LogP) is 1.60. The van der Waals surface area contributed by atoms with Crippen molar-refractivity contribution in [2.24, 2.45) is 0 Å². The van der Waals surface area contributed by atoms with Gasteiger partial charge in [-0.25, -0.2) is 9.97 Å². The van der Waals surface area contributed by atoms with Crippen LogP contribution < -0.4 is 4.90 Å². The molecule has 0 saturated carbocycles. The second-order valence-corrected chi connectivity index (χ2v) is 3.60. The first-order chi connectivity index (χ1) is 7.60. The molecule has 0 bridgehead atoms. The fourth-order valence-electron chi connectivity index (χ4n) is 1.25. The molecule has 0 saturated heterocycles. The van der Waals surface area contributed by atoms with Gasteiger partial charge in [-0.05, 0) is 6.92 Å². The number of nitrogens with zero attached hydrogens (tertiary/aromatic N) is 4. The second-order valence-electron chi connectivity index (χ2n) is 3.25. The summed E-state index contributed by atoms with van der Waals surface area (Å²) in [4.78, 5) is 20.6. The molecular formula is C10H11ClN4O. The Kier molecular flexibility index (Phi) is 4.20. The molecule has 16 heavy (non-hydrogen) atoms. The number of hydrogen-bond acceptors (Lipinski definition) is 5. The van der Waals surface area contributed by atoms with Gasteiger partial charge in [0.1, 0.15) is 16.8 Å². The third-order valence-corrected chi connectivity index (χ3v) is 2.32. The van der Waals surface area contributed by atoms with Crippen LogP contribution in [0.25, 0.3) is 0 Å². The summed E-state index contributed by atoms with van der Waals surface area (Å²) in [5.74, 6) is 0.956. The van der Waals surface area contributed by atoms with Crippen LogP contribution in [0.2, 0.25) is 5.15 Å². The molecule has 0 atom stereocenters. The van der Waals surface area contributed by atoms with Crippen molar-refractivity contribution in [1.82, 2.24) is 9.97 Å². The highest BCUT2D eigenvalue weighted by Crippen LogP contribution is 2.21. The van der Waals surface area contributed by atoms with Crippen LogP contribution in [0.15, 0.2) is 0 Å². The van der Waals surface area contributed by atoms with Gasteiger partial charge in [0.2, 0.25) is 0 Å². The van der Waals surface area contributed by atoms with Crippen LogP contribution >= 0.6 is 11.6 Å². The van der Waals surface area contributed by atoms with Crippen molar-refractivity contribution in [3.8, 4) is 6.07 Å². The van der Waals surface area contributed by atoms with Crippen LogP contribution in [-0.2, 0) is 0 Å². The largest absolute Gasteiger partial charge is 0.358 e. The van der Waals surface area contributed by atoms with Crippen LogP contribution in [0.1, 0.15) is 22.6 Å². The Balaban J connectivity index is 3.11. The van der Waals surface area contributed by atoms with E-state index >= 15 is 0 Å². The molecule has 1 aromatic heterocycles. The van der Waals surface area contributed by atoms with Gasteiger partial charge in [-0.2, -0.15) is 5.26 Å². The first-order valence-corrected chi connectivity index (χ1v) is 5.05. The number of aldehydes is 1. The van der Waals surface area contributed by atoms with E-state index in [2.05, 4.69) is 9.97 Å². The summed E-state index contributed by atoms with van der Waals surface area (Å²) in [6.45, 7) is 2.19. The van der Waals surface area contributed by atoms with Gasteiger partial charge >= 0.3 is 0 Å². The van der Waals surface area contributed by atoms with E-state index in [9.17, 15) is 4.79 Å². The Labute approximate surface area is 98.7 Å². The van der Waals surface area contributed by atoms with E-state index in [4.69, 9.17) is 16.9 Å². The second kappa shape index (κ2) is 5.42. The molecule has 0 fully saturated rings. The molecule has 0 aliphatic rings. The maximum absolute atomic E-state index is 10.9. The average molecular weight is 239 g/mol. The Hall–Kier alpha value is -1.67. The standard InChI is InChI=1S/C10H11ClN4O/c1-7-13-9(11)8(6-16)10(14-7)15(2)5-3-4-12/h6H,3,5H2,1-2H3. The lowest BCUT2D eigenvalue weighted by Gasteiger charge is -2.18. The zero-order valence-corrected chi connectivity index (χ0v) is 9.82. The monoisotopic (exact) mass is 238 g/mol. The van der Waals surface area contributed by atoms with Gasteiger partial charge in [0.25, 0.3) is 0 Å². The Morgan fingerprint density at radius 1 is 1.56 bits per heavy atom. The van der Waals surface area contributed by atoms with Crippen molar-refractivity contribution in [1.29, 1.82) is 5.26 Å². The lowest BCUT2D eigenvalue weighted by Crippen LogP contribution is -2.22. The van der Waals surface area contributed by atoms with Crippen molar-refractivity contribution in [2.45, 2.75) is 13.3 Å². The van der Waals surface area contributed by atoms with Crippen molar-refractivity contribution in [2.75, 3.05) is 18.5 Å². The summed E-state index contributed by atoms with van der Waals surface area (Å²) in [6, 6.07) is 2.03. The van der Waals surface area contributed by atoms with Crippen LogP contribution in [0.5, 0.6) is 0 Å². The van der Waals surface area contributed by atoms with Crippen molar-refractivity contribution in [3.63, 3.8) is 0 Å². The fraction of sp³-hybridized carbons (Fsp3) is 0.400. The summed E-state index contributed by atoms with van der Waals surface area (Å²) in [5, 5.41) is 8.63. The van der Waals surface area contributed by atoms with Crippen molar-refractivity contribution >= 4 is 23.7 Å². The maximum Gasteiger partial charge on any atom is 0.156 e. The number of rotatable bonds is 4. The molecule has 0 radical (unpaired) electrons. The Morgan fingerprint density at radius 2 is 2.25 bits per heavy atom. The topological polar surface area (TPSA) is 69.9 Å². The Morgan fingerprint density at radius 3 is 2.81 bits per heavy atom. The minimum atomic E-state index is 0.140. The molecule has 0 aromatic carbocycles. The molecule has 0 unspecified atom stereocenters. The van der Waals surface area contributed by atoms with E-state index in [1.165, 1.54) is 0 Å². The molecule has 0 spiro atoms. The highest BCUT2D eigenvalue weighted by Gasteiger charge is 2.14. The van der Waals surface area contributed by atoms with E-state index in [0.29, 0.717) is 30.9 Å². The van der Waals surface area contributed by atoms with E-state index in [-0.39, 0.29) is 10.7 Å².